The van der Waals surface area contributed by atoms with E-state index in [1.807, 2.05) is 0 Å². The molecule has 6 nitrogen and oxygen atoms in total. The molecule has 0 unspecified atom stereocenters. The maximum absolute atomic E-state index is 12.1. The van der Waals surface area contributed by atoms with Gasteiger partial charge in [-0.1, -0.05) is 0 Å². The number of carbonyl (C=O) groups excluding carboxylic acids is 1. The molecule has 1 aromatic carbocycles. The van der Waals surface area contributed by atoms with Gasteiger partial charge in [-0.2, -0.15) is 0 Å². The molecule has 0 heterocycles. The van der Waals surface area contributed by atoms with Crippen molar-refractivity contribution in [1.82, 2.24) is 0 Å². The maximum atomic E-state index is 12.1. The Bertz CT molecular complexity index is 621. The number of carbonyl (C=O) groups is 1. The molecule has 0 aliphatic heterocycles. The molecule has 122 valence electrons. The zero-order valence-electron chi connectivity index (χ0n) is 12.7. The zero-order valence-corrected chi connectivity index (χ0v) is 13.5. The quantitative estimate of drug-likeness (QED) is 0.747. The van der Waals surface area contributed by atoms with Crippen molar-refractivity contribution in [3.63, 3.8) is 0 Å². The van der Waals surface area contributed by atoms with Crippen molar-refractivity contribution < 1.29 is 17.9 Å². The van der Waals surface area contributed by atoms with Crippen LogP contribution >= 0.6 is 0 Å². The minimum Gasteiger partial charge on any atom is -0.492 e. The van der Waals surface area contributed by atoms with Gasteiger partial charge >= 0.3 is 0 Å². The number of rotatable bonds is 8. The van der Waals surface area contributed by atoms with Crippen LogP contribution in [0.2, 0.25) is 0 Å². The highest BCUT2D eigenvalue weighted by Gasteiger charge is 2.46. The smallest absolute Gasteiger partial charge is 0.224 e. The van der Waals surface area contributed by atoms with E-state index in [2.05, 4.69) is 5.32 Å². The number of nitrogens with one attached hydrogen (secondary N) is 1. The number of sulfone groups is 1. The minimum atomic E-state index is -3.06. The highest BCUT2D eigenvalue weighted by molar-refractivity contribution is 7.90. The van der Waals surface area contributed by atoms with Crippen molar-refractivity contribution in [2.45, 2.75) is 19.3 Å². The first-order chi connectivity index (χ1) is 10.3. The molecule has 1 amide bonds. The van der Waals surface area contributed by atoms with E-state index >= 15 is 0 Å². The second-order valence-electron chi connectivity index (χ2n) is 5.96. The summed E-state index contributed by atoms with van der Waals surface area (Å²) in [6, 6.07) is 7.02. The third-order valence-corrected chi connectivity index (χ3v) is 4.72. The van der Waals surface area contributed by atoms with Crippen molar-refractivity contribution in [1.29, 1.82) is 0 Å². The molecular weight excluding hydrogens is 304 g/mol. The highest BCUT2D eigenvalue weighted by Crippen LogP contribution is 2.49. The van der Waals surface area contributed by atoms with E-state index < -0.39 is 9.84 Å². The summed E-state index contributed by atoms with van der Waals surface area (Å²) < 4.78 is 28.1. The Balaban J connectivity index is 1.87. The lowest BCUT2D eigenvalue weighted by molar-refractivity contribution is -0.117. The summed E-state index contributed by atoms with van der Waals surface area (Å²) in [4.78, 5) is 12.1. The van der Waals surface area contributed by atoms with Crippen LogP contribution in [0.4, 0.5) is 5.69 Å². The molecule has 1 fully saturated rings. The molecule has 1 aromatic rings. The van der Waals surface area contributed by atoms with E-state index in [1.54, 1.807) is 24.3 Å². The largest absolute Gasteiger partial charge is 0.492 e. The Morgan fingerprint density at radius 3 is 2.45 bits per heavy atom. The number of hydrogen-bond acceptors (Lipinski definition) is 5. The fourth-order valence-corrected chi connectivity index (χ4v) is 3.97. The van der Waals surface area contributed by atoms with Crippen molar-refractivity contribution >= 4 is 21.4 Å². The molecule has 0 atom stereocenters. The summed E-state index contributed by atoms with van der Waals surface area (Å²) in [5.41, 5.74) is 5.66. The monoisotopic (exact) mass is 326 g/mol. The van der Waals surface area contributed by atoms with Crippen LogP contribution in [-0.4, -0.2) is 39.5 Å². The van der Waals surface area contributed by atoms with Crippen molar-refractivity contribution in [3.8, 4) is 5.75 Å². The molecule has 7 heteroatoms. The summed E-state index contributed by atoms with van der Waals surface area (Å²) in [6.07, 6.45) is 3.04. The first-order valence-electron chi connectivity index (χ1n) is 7.22. The number of anilines is 1. The fraction of sp³-hybridized carbons (Fsp3) is 0.533. The van der Waals surface area contributed by atoms with Gasteiger partial charge in [0.15, 0.2) is 0 Å². The van der Waals surface area contributed by atoms with Gasteiger partial charge in [0.1, 0.15) is 22.2 Å². The molecule has 1 aliphatic rings. The predicted molar refractivity (Wildman–Crippen MR) is 85.6 cm³/mol. The number of nitrogens with two attached hydrogens (primary N) is 1. The Morgan fingerprint density at radius 2 is 1.95 bits per heavy atom. The van der Waals surface area contributed by atoms with Crippen LogP contribution in [0.15, 0.2) is 24.3 Å². The standard InChI is InChI=1S/C15H22N2O4S/c1-22(19,20)11-15(6-7-15)10-14(18)17-12-2-4-13(5-3-12)21-9-8-16/h2-5H,6-11,16H2,1H3,(H,17,18). The van der Waals surface area contributed by atoms with Crippen LogP contribution in [0, 0.1) is 5.41 Å². The minimum absolute atomic E-state index is 0.0826. The van der Waals surface area contributed by atoms with Crippen LogP contribution in [0.3, 0.4) is 0 Å². The summed E-state index contributed by atoms with van der Waals surface area (Å²) in [6.45, 7) is 0.890. The molecule has 0 radical (unpaired) electrons. The average molecular weight is 326 g/mol. The summed E-state index contributed by atoms with van der Waals surface area (Å²) in [5, 5.41) is 2.79. The molecule has 2 rings (SSSR count). The molecule has 0 saturated heterocycles. The Kier molecular flexibility index (Phi) is 5.08. The van der Waals surface area contributed by atoms with E-state index in [9.17, 15) is 13.2 Å². The van der Waals surface area contributed by atoms with Gasteiger partial charge in [0.2, 0.25) is 5.91 Å². The highest BCUT2D eigenvalue weighted by atomic mass is 32.2. The predicted octanol–water partition coefficient (Wildman–Crippen LogP) is 1.18. The first kappa shape index (κ1) is 16.8. The van der Waals surface area contributed by atoms with Crippen LogP contribution in [0.1, 0.15) is 19.3 Å². The van der Waals surface area contributed by atoms with E-state index in [4.69, 9.17) is 10.5 Å². The van der Waals surface area contributed by atoms with Gasteiger partial charge in [-0.3, -0.25) is 4.79 Å². The fourth-order valence-electron chi connectivity index (χ4n) is 2.46. The third kappa shape index (κ3) is 5.31. The maximum Gasteiger partial charge on any atom is 0.224 e. The molecule has 3 N–H and O–H groups in total. The Labute approximate surface area is 131 Å². The second-order valence-corrected chi connectivity index (χ2v) is 8.10. The topological polar surface area (TPSA) is 98.5 Å². The molecule has 0 spiro atoms. The molecule has 22 heavy (non-hydrogen) atoms. The van der Waals surface area contributed by atoms with Gasteiger partial charge in [-0.25, -0.2) is 8.42 Å². The summed E-state index contributed by atoms with van der Waals surface area (Å²) in [7, 11) is -3.06. The number of amides is 1. The number of ether oxygens (including phenoxy) is 1. The Morgan fingerprint density at radius 1 is 1.32 bits per heavy atom. The van der Waals surface area contributed by atoms with Crippen molar-refractivity contribution in [2.24, 2.45) is 11.1 Å². The second kappa shape index (κ2) is 6.66. The lowest BCUT2D eigenvalue weighted by Gasteiger charge is -2.14. The molecule has 0 bridgehead atoms. The lowest BCUT2D eigenvalue weighted by Crippen LogP contribution is -2.23. The lowest BCUT2D eigenvalue weighted by atomic mass is 10.1. The van der Waals surface area contributed by atoms with Crippen LogP contribution in [0.5, 0.6) is 5.75 Å². The van der Waals surface area contributed by atoms with E-state index in [1.165, 1.54) is 6.26 Å². The third-order valence-electron chi connectivity index (χ3n) is 3.59. The Hall–Kier alpha value is -1.60. The van der Waals surface area contributed by atoms with E-state index in [0.717, 1.165) is 12.8 Å². The normalized spacial score (nSPS) is 16.1. The summed E-state index contributed by atoms with van der Waals surface area (Å²) >= 11 is 0. The van der Waals surface area contributed by atoms with Gasteiger partial charge < -0.3 is 15.8 Å². The van der Waals surface area contributed by atoms with Gasteiger partial charge in [0.05, 0.1) is 5.75 Å². The van der Waals surface area contributed by atoms with E-state index in [0.29, 0.717) is 24.6 Å². The van der Waals surface area contributed by atoms with Gasteiger partial charge in [-0.15, -0.1) is 0 Å². The SMILES string of the molecule is CS(=O)(=O)CC1(CC(=O)Nc2ccc(OCCN)cc2)CC1. The average Bonchev–Trinajstić information content (AvgIpc) is 3.14. The number of benzene rings is 1. The van der Waals surface area contributed by atoms with Gasteiger partial charge in [0.25, 0.3) is 0 Å². The van der Waals surface area contributed by atoms with Crippen LogP contribution in [0.25, 0.3) is 0 Å². The number of hydrogen-bond donors (Lipinski definition) is 2. The first-order valence-corrected chi connectivity index (χ1v) is 9.29. The van der Waals surface area contributed by atoms with E-state index in [-0.39, 0.29) is 23.5 Å². The molecule has 0 aromatic heterocycles. The molecular formula is C15H22N2O4S. The van der Waals surface area contributed by atoms with Crippen molar-refractivity contribution in [3.05, 3.63) is 24.3 Å². The van der Waals surface area contributed by atoms with Gasteiger partial charge in [-0.05, 0) is 42.5 Å². The van der Waals surface area contributed by atoms with Gasteiger partial charge in [0, 0.05) is 24.9 Å². The van der Waals surface area contributed by atoms with Crippen LogP contribution < -0.4 is 15.8 Å². The molecule has 1 aliphatic carbocycles. The van der Waals surface area contributed by atoms with Crippen LogP contribution in [-0.2, 0) is 14.6 Å². The van der Waals surface area contributed by atoms with Crippen molar-refractivity contribution in [2.75, 3.05) is 30.5 Å². The molecule has 1 saturated carbocycles. The summed E-state index contributed by atoms with van der Waals surface area (Å²) in [5.74, 6) is 0.621. The zero-order chi connectivity index (χ0) is 16.2.